The van der Waals surface area contributed by atoms with Gasteiger partial charge in [0.1, 0.15) is 0 Å². The standard InChI is InChI=1S/C9H19NO3/c1-6(2)10-4-3-8(12)9(13)7(10)5-11/h6-9,11-13H,3-5H2,1-2H3/t7-,8+,9-/m0/s1. The van der Waals surface area contributed by atoms with Crippen LogP contribution in [0.4, 0.5) is 0 Å². The van der Waals surface area contributed by atoms with E-state index in [4.69, 9.17) is 5.11 Å². The van der Waals surface area contributed by atoms with Gasteiger partial charge in [-0.1, -0.05) is 0 Å². The number of nitrogens with zero attached hydrogens (tertiary/aromatic N) is 1. The first kappa shape index (κ1) is 10.9. The molecule has 78 valence electrons. The highest BCUT2D eigenvalue weighted by Crippen LogP contribution is 2.20. The Hall–Kier alpha value is -0.160. The number of piperidine rings is 1. The molecule has 0 spiro atoms. The lowest BCUT2D eigenvalue weighted by Gasteiger charge is -2.42. The van der Waals surface area contributed by atoms with Crippen LogP contribution in [0, 0.1) is 0 Å². The van der Waals surface area contributed by atoms with E-state index in [0.29, 0.717) is 12.5 Å². The summed E-state index contributed by atoms with van der Waals surface area (Å²) in [5, 5.41) is 28.1. The molecule has 4 heteroatoms. The van der Waals surface area contributed by atoms with Crippen LogP contribution in [-0.2, 0) is 0 Å². The van der Waals surface area contributed by atoms with Gasteiger partial charge in [0, 0.05) is 12.6 Å². The number of hydrogen-bond acceptors (Lipinski definition) is 4. The molecule has 0 aliphatic carbocycles. The molecule has 4 nitrogen and oxygen atoms in total. The Morgan fingerprint density at radius 3 is 2.46 bits per heavy atom. The summed E-state index contributed by atoms with van der Waals surface area (Å²) in [5.41, 5.74) is 0. The topological polar surface area (TPSA) is 63.9 Å². The Kier molecular flexibility index (Phi) is 3.67. The molecule has 0 saturated carbocycles. The molecule has 0 unspecified atom stereocenters. The lowest BCUT2D eigenvalue weighted by molar-refractivity contribution is -0.0979. The second kappa shape index (κ2) is 4.37. The normalized spacial score (nSPS) is 36.9. The number of aliphatic hydroxyl groups excluding tert-OH is 3. The molecule has 0 bridgehead atoms. The molecular formula is C9H19NO3. The summed E-state index contributed by atoms with van der Waals surface area (Å²) >= 11 is 0. The van der Waals surface area contributed by atoms with Crippen LogP contribution >= 0.6 is 0 Å². The molecule has 13 heavy (non-hydrogen) atoms. The third-order valence-corrected chi connectivity index (χ3v) is 2.75. The molecule has 0 aromatic carbocycles. The van der Waals surface area contributed by atoms with Crippen molar-refractivity contribution in [1.29, 1.82) is 0 Å². The first-order chi connectivity index (χ1) is 6.07. The molecule has 3 atom stereocenters. The average Bonchev–Trinajstić information content (AvgIpc) is 2.09. The molecule has 1 saturated heterocycles. The van der Waals surface area contributed by atoms with Crippen molar-refractivity contribution in [3.8, 4) is 0 Å². The van der Waals surface area contributed by atoms with E-state index in [-0.39, 0.29) is 12.6 Å². The van der Waals surface area contributed by atoms with Crippen molar-refractivity contribution in [3.05, 3.63) is 0 Å². The van der Waals surface area contributed by atoms with Crippen molar-refractivity contribution < 1.29 is 15.3 Å². The summed E-state index contributed by atoms with van der Waals surface area (Å²) in [6.07, 6.45) is -0.927. The fourth-order valence-corrected chi connectivity index (χ4v) is 1.92. The van der Waals surface area contributed by atoms with Gasteiger partial charge in [0.15, 0.2) is 0 Å². The number of hydrogen-bond donors (Lipinski definition) is 3. The molecule has 0 aromatic rings. The van der Waals surface area contributed by atoms with E-state index in [0.717, 1.165) is 6.54 Å². The van der Waals surface area contributed by atoms with E-state index in [1.807, 2.05) is 18.7 Å². The maximum Gasteiger partial charge on any atom is 0.0976 e. The lowest BCUT2D eigenvalue weighted by Crippen LogP contribution is -2.58. The van der Waals surface area contributed by atoms with E-state index in [9.17, 15) is 10.2 Å². The summed E-state index contributed by atoms with van der Waals surface area (Å²) in [7, 11) is 0. The lowest BCUT2D eigenvalue weighted by atomic mass is 9.95. The zero-order valence-corrected chi connectivity index (χ0v) is 8.22. The SMILES string of the molecule is CC(C)N1CC[C@@H](O)[C@@H](O)[C@@H]1CO. The predicted octanol–water partition coefficient (Wildman–Crippen LogP) is -0.817. The third kappa shape index (κ3) is 2.20. The van der Waals surface area contributed by atoms with Crippen LogP contribution in [0.2, 0.25) is 0 Å². The second-order valence-electron chi connectivity index (χ2n) is 3.93. The van der Waals surface area contributed by atoms with Gasteiger partial charge in [-0.2, -0.15) is 0 Å². The number of likely N-dealkylation sites (tertiary alicyclic amines) is 1. The van der Waals surface area contributed by atoms with Gasteiger partial charge in [0.05, 0.1) is 24.9 Å². The van der Waals surface area contributed by atoms with Gasteiger partial charge in [0.2, 0.25) is 0 Å². The number of aliphatic hydroxyl groups is 3. The average molecular weight is 189 g/mol. The highest BCUT2D eigenvalue weighted by Gasteiger charge is 2.36. The highest BCUT2D eigenvalue weighted by molar-refractivity contribution is 4.90. The van der Waals surface area contributed by atoms with E-state index in [2.05, 4.69) is 0 Å². The minimum Gasteiger partial charge on any atom is -0.395 e. The molecule has 0 amide bonds. The second-order valence-corrected chi connectivity index (χ2v) is 3.93. The van der Waals surface area contributed by atoms with Crippen molar-refractivity contribution in [2.24, 2.45) is 0 Å². The summed E-state index contributed by atoms with van der Waals surface area (Å²) in [5.74, 6) is 0. The van der Waals surface area contributed by atoms with Crippen LogP contribution in [0.15, 0.2) is 0 Å². The predicted molar refractivity (Wildman–Crippen MR) is 49.3 cm³/mol. The minimum absolute atomic E-state index is 0.101. The Labute approximate surface area is 78.8 Å². The van der Waals surface area contributed by atoms with Crippen LogP contribution in [0.1, 0.15) is 20.3 Å². The van der Waals surface area contributed by atoms with Crippen molar-refractivity contribution in [2.45, 2.75) is 44.6 Å². The Morgan fingerprint density at radius 2 is 2.00 bits per heavy atom. The summed E-state index contributed by atoms with van der Waals surface area (Å²) in [4.78, 5) is 2.03. The molecule has 1 aliphatic rings. The first-order valence-corrected chi connectivity index (χ1v) is 4.80. The van der Waals surface area contributed by atoms with Crippen molar-refractivity contribution in [2.75, 3.05) is 13.2 Å². The molecular weight excluding hydrogens is 170 g/mol. The monoisotopic (exact) mass is 189 g/mol. The van der Waals surface area contributed by atoms with Crippen molar-refractivity contribution >= 4 is 0 Å². The Bertz CT molecular complexity index is 163. The van der Waals surface area contributed by atoms with Gasteiger partial charge in [-0.25, -0.2) is 0 Å². The largest absolute Gasteiger partial charge is 0.395 e. The molecule has 1 fully saturated rings. The van der Waals surface area contributed by atoms with Crippen LogP contribution in [0.3, 0.4) is 0 Å². The molecule has 3 N–H and O–H groups in total. The van der Waals surface area contributed by atoms with Crippen LogP contribution < -0.4 is 0 Å². The molecule has 0 radical (unpaired) electrons. The zero-order valence-electron chi connectivity index (χ0n) is 8.22. The summed E-state index contributed by atoms with van der Waals surface area (Å²) in [6, 6.07) is -0.0250. The van der Waals surface area contributed by atoms with Gasteiger partial charge >= 0.3 is 0 Å². The minimum atomic E-state index is -0.818. The molecule has 1 rings (SSSR count). The third-order valence-electron chi connectivity index (χ3n) is 2.75. The van der Waals surface area contributed by atoms with Gasteiger partial charge < -0.3 is 15.3 Å². The Balaban J connectivity index is 2.66. The zero-order chi connectivity index (χ0) is 10.0. The Morgan fingerprint density at radius 1 is 1.38 bits per heavy atom. The highest BCUT2D eigenvalue weighted by atomic mass is 16.3. The van der Waals surface area contributed by atoms with Gasteiger partial charge in [-0.05, 0) is 20.3 Å². The fourth-order valence-electron chi connectivity index (χ4n) is 1.92. The van der Waals surface area contributed by atoms with Crippen LogP contribution in [-0.4, -0.2) is 57.7 Å². The van der Waals surface area contributed by atoms with Gasteiger partial charge in [-0.15, -0.1) is 0 Å². The van der Waals surface area contributed by atoms with Gasteiger partial charge in [-0.3, -0.25) is 4.90 Å². The summed E-state index contributed by atoms with van der Waals surface area (Å²) < 4.78 is 0. The van der Waals surface area contributed by atoms with Crippen molar-refractivity contribution in [1.82, 2.24) is 4.90 Å². The number of rotatable bonds is 2. The van der Waals surface area contributed by atoms with Crippen molar-refractivity contribution in [3.63, 3.8) is 0 Å². The summed E-state index contributed by atoms with van der Waals surface area (Å²) in [6.45, 7) is 4.68. The first-order valence-electron chi connectivity index (χ1n) is 4.80. The maximum atomic E-state index is 9.61. The fraction of sp³-hybridized carbons (Fsp3) is 1.00. The van der Waals surface area contributed by atoms with E-state index in [1.54, 1.807) is 0 Å². The maximum absolute atomic E-state index is 9.61. The molecule has 0 aromatic heterocycles. The quantitative estimate of drug-likeness (QED) is 0.531. The van der Waals surface area contributed by atoms with Gasteiger partial charge in [0.25, 0.3) is 0 Å². The van der Waals surface area contributed by atoms with Crippen LogP contribution in [0.25, 0.3) is 0 Å². The van der Waals surface area contributed by atoms with E-state index in [1.165, 1.54) is 0 Å². The van der Waals surface area contributed by atoms with E-state index < -0.39 is 12.2 Å². The van der Waals surface area contributed by atoms with Crippen LogP contribution in [0.5, 0.6) is 0 Å². The van der Waals surface area contributed by atoms with E-state index >= 15 is 0 Å². The molecule has 1 heterocycles. The molecule has 1 aliphatic heterocycles. The smallest absolute Gasteiger partial charge is 0.0976 e.